The molecule has 8 heteroatoms. The number of amides is 3. The fourth-order valence-corrected chi connectivity index (χ4v) is 4.29. The van der Waals surface area contributed by atoms with Gasteiger partial charge in [0.25, 0.3) is 0 Å². The summed E-state index contributed by atoms with van der Waals surface area (Å²) in [6.45, 7) is 6.35. The first-order valence-corrected chi connectivity index (χ1v) is 13.1. The van der Waals surface area contributed by atoms with Crippen LogP contribution in [0.4, 0.5) is 16.3 Å². The molecule has 0 saturated carbocycles. The van der Waals surface area contributed by atoms with Crippen LogP contribution in [0.2, 0.25) is 0 Å². The zero-order valence-electron chi connectivity index (χ0n) is 22.9. The van der Waals surface area contributed by atoms with Gasteiger partial charge in [0.2, 0.25) is 5.91 Å². The van der Waals surface area contributed by atoms with Crippen molar-refractivity contribution in [3.63, 3.8) is 0 Å². The highest BCUT2D eigenvalue weighted by molar-refractivity contribution is 5.99. The summed E-state index contributed by atoms with van der Waals surface area (Å²) < 4.78 is 6.94. The van der Waals surface area contributed by atoms with Crippen LogP contribution >= 0.6 is 0 Å². The highest BCUT2D eigenvalue weighted by Crippen LogP contribution is 2.33. The number of nitrogens with zero attached hydrogens (tertiary/aromatic N) is 3. The summed E-state index contributed by atoms with van der Waals surface area (Å²) in [7, 11) is 1.59. The third kappa shape index (κ3) is 6.84. The number of ether oxygens (including phenoxy) is 1. The lowest BCUT2D eigenvalue weighted by atomic mass is 10.1. The third-order valence-corrected chi connectivity index (χ3v) is 6.40. The van der Waals surface area contributed by atoms with Crippen molar-refractivity contribution in [2.75, 3.05) is 30.8 Å². The molecular weight excluding hydrogens is 490 g/mol. The van der Waals surface area contributed by atoms with Crippen LogP contribution in [-0.4, -0.2) is 46.8 Å². The topological polar surface area (TPSA) is 88.5 Å². The average molecular weight is 526 g/mol. The van der Waals surface area contributed by atoms with Crippen molar-refractivity contribution in [3.8, 4) is 22.6 Å². The Bertz CT molecular complexity index is 1400. The number of nitrogens with one attached hydrogen (secondary N) is 2. The number of hydrogen-bond acceptors (Lipinski definition) is 4. The number of unbranched alkanes of at least 4 members (excludes halogenated alkanes) is 1. The van der Waals surface area contributed by atoms with Gasteiger partial charge in [-0.25, -0.2) is 9.48 Å². The first kappa shape index (κ1) is 27.4. The minimum absolute atomic E-state index is 0.103. The van der Waals surface area contributed by atoms with Gasteiger partial charge in [-0.15, -0.1) is 0 Å². The van der Waals surface area contributed by atoms with Gasteiger partial charge in [0.1, 0.15) is 18.1 Å². The van der Waals surface area contributed by atoms with Gasteiger partial charge in [-0.05, 0) is 62.2 Å². The highest BCUT2D eigenvalue weighted by atomic mass is 16.5. The average Bonchev–Trinajstić information content (AvgIpc) is 3.27. The van der Waals surface area contributed by atoms with E-state index < -0.39 is 0 Å². The standard InChI is InChI=1S/C31H35N5O3/c1-5-6-20-35(31(38)32-25-14-18-27(39-4)19-15-25)21-28(37)33-30-29(24-10-8-7-9-11-24)23(3)34-36(30)26-16-12-22(2)13-17-26/h7-19H,5-6,20-21H2,1-4H3,(H,32,38)(H,33,37). The summed E-state index contributed by atoms with van der Waals surface area (Å²) in [6, 6.07) is 24.6. The summed E-state index contributed by atoms with van der Waals surface area (Å²) >= 11 is 0. The number of aryl methyl sites for hydroxylation is 2. The number of aromatic nitrogens is 2. The number of carbonyl (C=O) groups excluding carboxylic acids is 2. The molecule has 8 nitrogen and oxygen atoms in total. The lowest BCUT2D eigenvalue weighted by Gasteiger charge is -2.23. The first-order chi connectivity index (χ1) is 18.9. The largest absolute Gasteiger partial charge is 0.497 e. The third-order valence-electron chi connectivity index (χ3n) is 6.40. The predicted molar refractivity (Wildman–Crippen MR) is 156 cm³/mol. The number of anilines is 2. The van der Waals surface area contributed by atoms with Crippen molar-refractivity contribution in [1.82, 2.24) is 14.7 Å². The van der Waals surface area contributed by atoms with Gasteiger partial charge < -0.3 is 20.3 Å². The monoisotopic (exact) mass is 525 g/mol. The number of carbonyl (C=O) groups is 2. The molecule has 0 aliphatic heterocycles. The van der Waals surface area contributed by atoms with E-state index in [4.69, 9.17) is 9.84 Å². The van der Waals surface area contributed by atoms with Crippen LogP contribution in [0.1, 0.15) is 31.0 Å². The molecule has 4 rings (SSSR count). The highest BCUT2D eigenvalue weighted by Gasteiger charge is 2.23. The maximum Gasteiger partial charge on any atom is 0.322 e. The maximum absolute atomic E-state index is 13.5. The molecule has 1 aromatic heterocycles. The molecule has 0 aliphatic carbocycles. The summed E-state index contributed by atoms with van der Waals surface area (Å²) in [5.74, 6) is 0.963. The van der Waals surface area contributed by atoms with Gasteiger partial charge in [-0.1, -0.05) is 61.4 Å². The molecule has 0 radical (unpaired) electrons. The minimum Gasteiger partial charge on any atom is -0.497 e. The Labute approximate surface area is 229 Å². The summed E-state index contributed by atoms with van der Waals surface area (Å²) in [5.41, 5.74) is 5.17. The number of urea groups is 1. The number of rotatable bonds is 10. The molecule has 3 amide bonds. The molecule has 202 valence electrons. The molecule has 0 saturated heterocycles. The molecular formula is C31H35N5O3. The fourth-order valence-electron chi connectivity index (χ4n) is 4.29. The quantitative estimate of drug-likeness (QED) is 0.249. The Morgan fingerprint density at radius 3 is 2.26 bits per heavy atom. The van der Waals surface area contributed by atoms with Crippen molar-refractivity contribution in [3.05, 3.63) is 90.1 Å². The van der Waals surface area contributed by atoms with Gasteiger partial charge >= 0.3 is 6.03 Å². The van der Waals surface area contributed by atoms with Gasteiger partial charge in [0.05, 0.1) is 18.5 Å². The summed E-state index contributed by atoms with van der Waals surface area (Å²) in [6.07, 6.45) is 1.67. The van der Waals surface area contributed by atoms with Crippen LogP contribution in [0, 0.1) is 13.8 Å². The SMILES string of the molecule is CCCCN(CC(=O)Nc1c(-c2ccccc2)c(C)nn1-c1ccc(C)cc1)C(=O)Nc1ccc(OC)cc1. The molecule has 0 bridgehead atoms. The van der Waals surface area contributed by atoms with Crippen molar-refractivity contribution in [1.29, 1.82) is 0 Å². The normalized spacial score (nSPS) is 10.7. The Kier molecular flexibility index (Phi) is 8.99. The van der Waals surface area contributed by atoms with E-state index in [1.807, 2.05) is 68.4 Å². The number of methoxy groups -OCH3 is 1. The number of benzene rings is 3. The van der Waals surface area contributed by atoms with E-state index in [0.717, 1.165) is 40.9 Å². The van der Waals surface area contributed by atoms with Crippen molar-refractivity contribution >= 4 is 23.4 Å². The molecule has 0 atom stereocenters. The summed E-state index contributed by atoms with van der Waals surface area (Å²) in [4.78, 5) is 28.2. The molecule has 2 N–H and O–H groups in total. The molecule has 0 unspecified atom stereocenters. The smallest absolute Gasteiger partial charge is 0.322 e. The molecule has 39 heavy (non-hydrogen) atoms. The van der Waals surface area contributed by atoms with Crippen LogP contribution in [0.25, 0.3) is 16.8 Å². The van der Waals surface area contributed by atoms with E-state index in [9.17, 15) is 9.59 Å². The van der Waals surface area contributed by atoms with Crippen LogP contribution < -0.4 is 15.4 Å². The van der Waals surface area contributed by atoms with Gasteiger partial charge in [0.15, 0.2) is 0 Å². The van der Waals surface area contributed by atoms with E-state index in [1.54, 1.807) is 36.1 Å². The van der Waals surface area contributed by atoms with Gasteiger partial charge in [-0.3, -0.25) is 4.79 Å². The Morgan fingerprint density at radius 2 is 1.62 bits per heavy atom. The zero-order chi connectivity index (χ0) is 27.8. The second-order valence-corrected chi connectivity index (χ2v) is 9.40. The van der Waals surface area contributed by atoms with Crippen LogP contribution in [0.15, 0.2) is 78.9 Å². The zero-order valence-corrected chi connectivity index (χ0v) is 22.9. The fraction of sp³-hybridized carbons (Fsp3) is 0.258. The van der Waals surface area contributed by atoms with E-state index in [2.05, 4.69) is 17.6 Å². The Morgan fingerprint density at radius 1 is 0.923 bits per heavy atom. The molecule has 1 heterocycles. The predicted octanol–water partition coefficient (Wildman–Crippen LogP) is 6.44. The van der Waals surface area contributed by atoms with Crippen LogP contribution in [0.3, 0.4) is 0 Å². The van der Waals surface area contributed by atoms with Gasteiger partial charge in [0, 0.05) is 17.8 Å². The molecule has 4 aromatic rings. The van der Waals surface area contributed by atoms with Gasteiger partial charge in [-0.2, -0.15) is 5.10 Å². The van der Waals surface area contributed by atoms with E-state index in [0.29, 0.717) is 23.8 Å². The molecule has 3 aromatic carbocycles. The molecule has 0 spiro atoms. The van der Waals surface area contributed by atoms with E-state index in [-0.39, 0.29) is 18.5 Å². The first-order valence-electron chi connectivity index (χ1n) is 13.1. The second kappa shape index (κ2) is 12.8. The van der Waals surface area contributed by atoms with Crippen molar-refractivity contribution < 1.29 is 14.3 Å². The molecule has 0 aliphatic rings. The second-order valence-electron chi connectivity index (χ2n) is 9.40. The maximum atomic E-state index is 13.5. The van der Waals surface area contributed by atoms with Crippen molar-refractivity contribution in [2.45, 2.75) is 33.6 Å². The van der Waals surface area contributed by atoms with E-state index >= 15 is 0 Å². The van der Waals surface area contributed by atoms with Crippen LogP contribution in [0.5, 0.6) is 5.75 Å². The van der Waals surface area contributed by atoms with E-state index in [1.165, 1.54) is 4.90 Å². The van der Waals surface area contributed by atoms with Crippen LogP contribution in [-0.2, 0) is 4.79 Å². The minimum atomic E-state index is -0.338. The number of hydrogen-bond donors (Lipinski definition) is 2. The molecule has 0 fully saturated rings. The Balaban J connectivity index is 1.60. The van der Waals surface area contributed by atoms with Crippen molar-refractivity contribution in [2.24, 2.45) is 0 Å². The summed E-state index contributed by atoms with van der Waals surface area (Å²) in [5, 5.41) is 10.7. The Hall–Kier alpha value is -4.59. The lowest BCUT2D eigenvalue weighted by molar-refractivity contribution is -0.116. The lowest BCUT2D eigenvalue weighted by Crippen LogP contribution is -2.41.